The van der Waals surface area contributed by atoms with E-state index in [0.717, 1.165) is 37.1 Å². The van der Waals surface area contributed by atoms with Crippen LogP contribution in [0.3, 0.4) is 0 Å². The number of hydrogen-bond donors (Lipinski definition) is 0. The Morgan fingerprint density at radius 1 is 1.15 bits per heavy atom. The van der Waals surface area contributed by atoms with Gasteiger partial charge in [0.1, 0.15) is 0 Å². The Bertz CT molecular complexity index is 633. The van der Waals surface area contributed by atoms with Crippen LogP contribution in [0.2, 0.25) is 0 Å². The molecule has 20 heavy (non-hydrogen) atoms. The van der Waals surface area contributed by atoms with Gasteiger partial charge < -0.3 is 4.90 Å². The van der Waals surface area contributed by atoms with Gasteiger partial charge in [0.2, 0.25) is 0 Å². The van der Waals surface area contributed by atoms with Crippen LogP contribution in [0, 0.1) is 0 Å². The van der Waals surface area contributed by atoms with Crippen molar-refractivity contribution < 1.29 is 4.79 Å². The fraction of sp³-hybridized carbons (Fsp3) is 0.278. The number of nitrogens with zero attached hydrogens (tertiary/aromatic N) is 1. The molecule has 0 radical (unpaired) electrons. The first-order valence-corrected chi connectivity index (χ1v) is 7.28. The van der Waals surface area contributed by atoms with Crippen molar-refractivity contribution in [1.29, 1.82) is 0 Å². The highest BCUT2D eigenvalue weighted by Gasteiger charge is 2.24. The van der Waals surface area contributed by atoms with Crippen LogP contribution in [0.15, 0.2) is 48.5 Å². The van der Waals surface area contributed by atoms with Crippen LogP contribution in [0.5, 0.6) is 0 Å². The van der Waals surface area contributed by atoms with Gasteiger partial charge in [0.15, 0.2) is 0 Å². The van der Waals surface area contributed by atoms with Crippen molar-refractivity contribution in [3.8, 4) is 0 Å². The lowest BCUT2D eigenvalue weighted by Gasteiger charge is -2.17. The highest BCUT2D eigenvalue weighted by molar-refractivity contribution is 6.07. The van der Waals surface area contributed by atoms with Crippen LogP contribution in [0.1, 0.15) is 34.8 Å². The van der Waals surface area contributed by atoms with E-state index in [-0.39, 0.29) is 5.91 Å². The fourth-order valence-electron chi connectivity index (χ4n) is 2.85. The summed E-state index contributed by atoms with van der Waals surface area (Å²) < 4.78 is 0. The molecule has 3 rings (SSSR count). The van der Waals surface area contributed by atoms with Crippen molar-refractivity contribution in [2.45, 2.75) is 26.2 Å². The number of carbonyl (C=O) groups excluding carboxylic acids is 1. The topological polar surface area (TPSA) is 20.3 Å². The summed E-state index contributed by atoms with van der Waals surface area (Å²) in [6.45, 7) is 2.95. The van der Waals surface area contributed by atoms with Gasteiger partial charge in [-0.15, -0.1) is 0 Å². The van der Waals surface area contributed by atoms with E-state index in [4.69, 9.17) is 0 Å². The SMILES string of the molecule is CCCc1cccc(C(=O)N2CCc3ccccc32)c1. The van der Waals surface area contributed by atoms with Crippen LogP contribution < -0.4 is 4.90 Å². The number of aryl methyl sites for hydroxylation is 1. The van der Waals surface area contributed by atoms with E-state index in [0.29, 0.717) is 0 Å². The van der Waals surface area contributed by atoms with Gasteiger partial charge in [-0.2, -0.15) is 0 Å². The smallest absolute Gasteiger partial charge is 0.258 e. The minimum absolute atomic E-state index is 0.118. The second kappa shape index (κ2) is 5.49. The lowest BCUT2D eigenvalue weighted by molar-refractivity contribution is 0.0989. The first kappa shape index (κ1) is 12.9. The summed E-state index contributed by atoms with van der Waals surface area (Å²) in [4.78, 5) is 14.6. The molecule has 2 aromatic carbocycles. The van der Waals surface area contributed by atoms with Gasteiger partial charge in [-0.25, -0.2) is 0 Å². The number of fused-ring (bicyclic) bond motifs is 1. The number of amides is 1. The molecular formula is C18H19NO. The third-order valence-corrected chi connectivity index (χ3v) is 3.84. The van der Waals surface area contributed by atoms with E-state index >= 15 is 0 Å². The van der Waals surface area contributed by atoms with Gasteiger partial charge in [0.05, 0.1) is 0 Å². The summed E-state index contributed by atoms with van der Waals surface area (Å²) >= 11 is 0. The minimum atomic E-state index is 0.118. The van der Waals surface area contributed by atoms with Crippen molar-refractivity contribution in [1.82, 2.24) is 0 Å². The van der Waals surface area contributed by atoms with Gasteiger partial charge in [-0.1, -0.05) is 43.7 Å². The number of benzene rings is 2. The Morgan fingerprint density at radius 2 is 2.00 bits per heavy atom. The molecule has 0 fully saturated rings. The summed E-state index contributed by atoms with van der Waals surface area (Å²) in [5.74, 6) is 0.118. The Morgan fingerprint density at radius 3 is 2.85 bits per heavy atom. The second-order valence-corrected chi connectivity index (χ2v) is 5.29. The van der Waals surface area contributed by atoms with E-state index in [1.807, 2.05) is 41.3 Å². The van der Waals surface area contributed by atoms with E-state index in [2.05, 4.69) is 19.1 Å². The number of hydrogen-bond acceptors (Lipinski definition) is 1. The average molecular weight is 265 g/mol. The molecule has 0 spiro atoms. The maximum Gasteiger partial charge on any atom is 0.258 e. The van der Waals surface area contributed by atoms with Gasteiger partial charge in [0, 0.05) is 17.8 Å². The van der Waals surface area contributed by atoms with E-state index < -0.39 is 0 Å². The summed E-state index contributed by atoms with van der Waals surface area (Å²) in [5.41, 5.74) is 4.38. The van der Waals surface area contributed by atoms with E-state index in [1.165, 1.54) is 11.1 Å². The molecule has 2 nitrogen and oxygen atoms in total. The number of para-hydroxylation sites is 1. The highest BCUT2D eigenvalue weighted by atomic mass is 16.2. The molecule has 0 N–H and O–H groups in total. The molecule has 0 aliphatic carbocycles. The first-order valence-electron chi connectivity index (χ1n) is 7.28. The van der Waals surface area contributed by atoms with Crippen LogP contribution in [0.25, 0.3) is 0 Å². The maximum atomic E-state index is 12.7. The lowest BCUT2D eigenvalue weighted by atomic mass is 10.1. The molecule has 102 valence electrons. The quantitative estimate of drug-likeness (QED) is 0.825. The molecule has 1 amide bonds. The van der Waals surface area contributed by atoms with Crippen LogP contribution in [-0.2, 0) is 12.8 Å². The van der Waals surface area contributed by atoms with Crippen molar-refractivity contribution in [3.63, 3.8) is 0 Å². The Kier molecular flexibility index (Phi) is 3.55. The summed E-state index contributed by atoms with van der Waals surface area (Å²) in [7, 11) is 0. The number of rotatable bonds is 3. The Hall–Kier alpha value is -2.09. The molecule has 0 unspecified atom stereocenters. The molecule has 2 heteroatoms. The van der Waals surface area contributed by atoms with Crippen molar-refractivity contribution >= 4 is 11.6 Å². The largest absolute Gasteiger partial charge is 0.308 e. The third-order valence-electron chi connectivity index (χ3n) is 3.84. The molecule has 1 aliphatic rings. The number of carbonyl (C=O) groups is 1. The molecule has 1 heterocycles. The van der Waals surface area contributed by atoms with Crippen LogP contribution in [-0.4, -0.2) is 12.5 Å². The second-order valence-electron chi connectivity index (χ2n) is 5.29. The molecular weight excluding hydrogens is 246 g/mol. The molecule has 1 aliphatic heterocycles. The third kappa shape index (κ3) is 2.34. The van der Waals surface area contributed by atoms with Gasteiger partial charge >= 0.3 is 0 Å². The summed E-state index contributed by atoms with van der Waals surface area (Å²) in [6, 6.07) is 16.2. The maximum absolute atomic E-state index is 12.7. The van der Waals surface area contributed by atoms with Crippen molar-refractivity contribution in [2.24, 2.45) is 0 Å². The zero-order chi connectivity index (χ0) is 13.9. The number of anilines is 1. The van der Waals surface area contributed by atoms with Crippen LogP contribution >= 0.6 is 0 Å². The molecule has 0 aromatic heterocycles. The normalized spacial score (nSPS) is 13.3. The molecule has 2 aromatic rings. The molecule has 0 bridgehead atoms. The van der Waals surface area contributed by atoms with Crippen LogP contribution in [0.4, 0.5) is 5.69 Å². The Labute approximate surface area is 120 Å². The monoisotopic (exact) mass is 265 g/mol. The zero-order valence-corrected chi connectivity index (χ0v) is 11.8. The van der Waals surface area contributed by atoms with Gasteiger partial charge in [0.25, 0.3) is 5.91 Å². The molecule has 0 atom stereocenters. The Balaban J connectivity index is 1.89. The van der Waals surface area contributed by atoms with Gasteiger partial charge in [-0.3, -0.25) is 4.79 Å². The molecule has 0 saturated heterocycles. The first-order chi connectivity index (χ1) is 9.79. The predicted octanol–water partition coefficient (Wildman–Crippen LogP) is 3.84. The zero-order valence-electron chi connectivity index (χ0n) is 11.8. The standard InChI is InChI=1S/C18H19NO/c1-2-6-14-7-5-9-16(13-14)18(20)19-12-11-15-8-3-4-10-17(15)19/h3-5,7-10,13H,2,6,11-12H2,1H3. The summed E-state index contributed by atoms with van der Waals surface area (Å²) in [5, 5.41) is 0. The van der Waals surface area contributed by atoms with Crippen molar-refractivity contribution in [3.05, 3.63) is 65.2 Å². The minimum Gasteiger partial charge on any atom is -0.308 e. The van der Waals surface area contributed by atoms with E-state index in [1.54, 1.807) is 0 Å². The van der Waals surface area contributed by atoms with Crippen molar-refractivity contribution in [2.75, 3.05) is 11.4 Å². The lowest BCUT2D eigenvalue weighted by Crippen LogP contribution is -2.28. The highest BCUT2D eigenvalue weighted by Crippen LogP contribution is 2.28. The molecule has 0 saturated carbocycles. The van der Waals surface area contributed by atoms with E-state index in [9.17, 15) is 4.79 Å². The summed E-state index contributed by atoms with van der Waals surface area (Å²) in [6.07, 6.45) is 3.08. The average Bonchev–Trinajstić information content (AvgIpc) is 2.91. The fourth-order valence-corrected chi connectivity index (χ4v) is 2.85. The predicted molar refractivity (Wildman–Crippen MR) is 82.3 cm³/mol. The van der Waals surface area contributed by atoms with Gasteiger partial charge in [-0.05, 0) is 42.2 Å².